The molecular weight excluding hydrogens is 292 g/mol. The van der Waals surface area contributed by atoms with Gasteiger partial charge >= 0.3 is 0 Å². The Labute approximate surface area is 117 Å². The van der Waals surface area contributed by atoms with Gasteiger partial charge in [-0.2, -0.15) is 5.43 Å². The second kappa shape index (κ2) is 5.85. The zero-order valence-electron chi connectivity index (χ0n) is 10.9. The van der Waals surface area contributed by atoms with Crippen LogP contribution in [-0.4, -0.2) is 18.0 Å². The van der Waals surface area contributed by atoms with Crippen LogP contribution >= 0.6 is 15.9 Å². The van der Waals surface area contributed by atoms with E-state index in [2.05, 4.69) is 35.2 Å². The number of amides is 1. The van der Waals surface area contributed by atoms with Gasteiger partial charge in [-0.1, -0.05) is 15.9 Å². The van der Waals surface area contributed by atoms with E-state index < -0.39 is 0 Å². The standard InChI is InChI=1S/C14H19BrN2O/c1-10-4-3-5-11(2)17(10)16-14(18)12-6-8-13(15)9-7-12/h6-11H,3-5H2,1-2H3,(H,16,18)/p+1. The Morgan fingerprint density at radius 1 is 1.22 bits per heavy atom. The predicted molar refractivity (Wildman–Crippen MR) is 75.3 cm³/mol. The summed E-state index contributed by atoms with van der Waals surface area (Å²) < 4.78 is 0.992. The molecule has 0 radical (unpaired) electrons. The largest absolute Gasteiger partial charge is 0.295 e. The molecule has 1 saturated heterocycles. The minimum atomic E-state index is 0.0121. The summed E-state index contributed by atoms with van der Waals surface area (Å²) in [6, 6.07) is 8.47. The number of hydrogen-bond donors (Lipinski definition) is 2. The Hall–Kier alpha value is -0.870. The van der Waals surface area contributed by atoms with E-state index in [9.17, 15) is 4.79 Å². The number of carbonyl (C=O) groups is 1. The summed E-state index contributed by atoms with van der Waals surface area (Å²) in [5, 5.41) is 1.20. The average molecular weight is 312 g/mol. The molecule has 18 heavy (non-hydrogen) atoms. The van der Waals surface area contributed by atoms with Gasteiger partial charge in [0.25, 0.3) is 5.91 Å². The van der Waals surface area contributed by atoms with Crippen molar-refractivity contribution in [1.29, 1.82) is 0 Å². The van der Waals surface area contributed by atoms with Crippen molar-refractivity contribution in [2.45, 2.75) is 45.2 Å². The average Bonchev–Trinajstić information content (AvgIpc) is 2.34. The van der Waals surface area contributed by atoms with Crippen molar-refractivity contribution in [3.63, 3.8) is 0 Å². The van der Waals surface area contributed by atoms with Crippen molar-refractivity contribution in [1.82, 2.24) is 5.43 Å². The van der Waals surface area contributed by atoms with Gasteiger partial charge < -0.3 is 0 Å². The van der Waals surface area contributed by atoms with Gasteiger partial charge in [0.05, 0.1) is 0 Å². The van der Waals surface area contributed by atoms with Crippen molar-refractivity contribution in [2.24, 2.45) is 0 Å². The van der Waals surface area contributed by atoms with Gasteiger partial charge in [0.1, 0.15) is 12.1 Å². The number of quaternary nitrogens is 1. The van der Waals surface area contributed by atoms with Gasteiger partial charge in [-0.3, -0.25) is 4.79 Å². The van der Waals surface area contributed by atoms with Crippen molar-refractivity contribution < 1.29 is 9.80 Å². The van der Waals surface area contributed by atoms with Gasteiger partial charge in [0.2, 0.25) is 0 Å². The van der Waals surface area contributed by atoms with Crippen LogP contribution < -0.4 is 10.4 Å². The van der Waals surface area contributed by atoms with Crippen LogP contribution in [0.15, 0.2) is 28.7 Å². The molecule has 2 atom stereocenters. The predicted octanol–water partition coefficient (Wildman–Crippen LogP) is 1.94. The summed E-state index contributed by atoms with van der Waals surface area (Å²) in [4.78, 5) is 12.2. The second-order valence-corrected chi connectivity index (χ2v) is 6.07. The Kier molecular flexibility index (Phi) is 4.40. The maximum Gasteiger partial charge on any atom is 0.295 e. The molecule has 1 amide bonds. The molecule has 1 aromatic carbocycles. The number of rotatable bonds is 2. The Balaban J connectivity index is 2.04. The molecule has 0 spiro atoms. The van der Waals surface area contributed by atoms with Crippen LogP contribution in [0.1, 0.15) is 43.5 Å². The highest BCUT2D eigenvalue weighted by Crippen LogP contribution is 2.10. The smallest absolute Gasteiger partial charge is 0.264 e. The van der Waals surface area contributed by atoms with Gasteiger partial charge in [0.15, 0.2) is 0 Å². The highest BCUT2D eigenvalue weighted by Gasteiger charge is 2.30. The lowest BCUT2D eigenvalue weighted by Gasteiger charge is -2.34. The normalized spacial score (nSPS) is 27.8. The van der Waals surface area contributed by atoms with Crippen molar-refractivity contribution in [3.05, 3.63) is 34.3 Å². The number of benzene rings is 1. The van der Waals surface area contributed by atoms with E-state index in [1.807, 2.05) is 24.3 Å². The lowest BCUT2D eigenvalue weighted by Crippen LogP contribution is -3.25. The molecule has 0 aliphatic carbocycles. The Morgan fingerprint density at radius 2 is 1.78 bits per heavy atom. The van der Waals surface area contributed by atoms with Gasteiger partial charge in [-0.05, 0) is 44.5 Å². The Morgan fingerprint density at radius 3 is 2.33 bits per heavy atom. The quantitative estimate of drug-likeness (QED) is 0.860. The zero-order chi connectivity index (χ0) is 13.1. The first kappa shape index (κ1) is 13.6. The molecule has 1 aliphatic rings. The van der Waals surface area contributed by atoms with E-state index in [0.29, 0.717) is 12.1 Å². The first-order chi connectivity index (χ1) is 8.58. The molecule has 98 valence electrons. The molecule has 2 rings (SSSR count). The van der Waals surface area contributed by atoms with E-state index in [1.54, 1.807) is 0 Å². The molecule has 1 aromatic rings. The van der Waals surface area contributed by atoms with Crippen LogP contribution in [-0.2, 0) is 0 Å². The van der Waals surface area contributed by atoms with Crippen molar-refractivity contribution in [2.75, 3.05) is 0 Å². The van der Waals surface area contributed by atoms with E-state index in [1.165, 1.54) is 24.3 Å². The van der Waals surface area contributed by atoms with E-state index >= 15 is 0 Å². The van der Waals surface area contributed by atoms with Crippen LogP contribution in [0, 0.1) is 0 Å². The first-order valence-electron chi connectivity index (χ1n) is 6.51. The van der Waals surface area contributed by atoms with Crippen LogP contribution in [0.2, 0.25) is 0 Å². The van der Waals surface area contributed by atoms with Crippen molar-refractivity contribution >= 4 is 21.8 Å². The number of hydrogen-bond acceptors (Lipinski definition) is 1. The third-order valence-corrected chi connectivity index (χ3v) is 4.23. The highest BCUT2D eigenvalue weighted by molar-refractivity contribution is 9.10. The van der Waals surface area contributed by atoms with Gasteiger partial charge in [0, 0.05) is 22.9 Å². The monoisotopic (exact) mass is 311 g/mol. The second-order valence-electron chi connectivity index (χ2n) is 5.15. The van der Waals surface area contributed by atoms with E-state index in [4.69, 9.17) is 0 Å². The molecule has 0 aromatic heterocycles. The SMILES string of the molecule is CC1CCCC(C)[NH+]1NC(=O)c1ccc(Br)cc1. The third kappa shape index (κ3) is 3.12. The molecule has 1 heterocycles. The molecule has 1 fully saturated rings. The van der Waals surface area contributed by atoms with Crippen LogP contribution in [0.3, 0.4) is 0 Å². The number of piperidine rings is 1. The fraction of sp³-hybridized carbons (Fsp3) is 0.500. The molecule has 0 bridgehead atoms. The number of nitrogens with one attached hydrogen (secondary N) is 2. The summed E-state index contributed by atoms with van der Waals surface area (Å²) in [5.41, 5.74) is 3.83. The Bertz CT molecular complexity index is 408. The third-order valence-electron chi connectivity index (χ3n) is 3.70. The fourth-order valence-electron chi connectivity index (χ4n) is 2.58. The molecule has 1 aliphatic heterocycles. The lowest BCUT2D eigenvalue weighted by molar-refractivity contribution is -0.984. The fourth-order valence-corrected chi connectivity index (χ4v) is 2.84. The van der Waals surface area contributed by atoms with E-state index in [0.717, 1.165) is 10.0 Å². The maximum atomic E-state index is 12.2. The summed E-state index contributed by atoms with van der Waals surface area (Å²) in [7, 11) is 0. The molecule has 2 unspecified atom stereocenters. The summed E-state index contributed by atoms with van der Waals surface area (Å²) >= 11 is 3.38. The summed E-state index contributed by atoms with van der Waals surface area (Å²) in [6.45, 7) is 4.40. The van der Waals surface area contributed by atoms with E-state index in [-0.39, 0.29) is 5.91 Å². The van der Waals surface area contributed by atoms with Gasteiger partial charge in [-0.25, -0.2) is 5.01 Å². The van der Waals surface area contributed by atoms with Gasteiger partial charge in [-0.15, -0.1) is 0 Å². The lowest BCUT2D eigenvalue weighted by atomic mass is 10.00. The van der Waals surface area contributed by atoms with Crippen LogP contribution in [0.25, 0.3) is 0 Å². The first-order valence-corrected chi connectivity index (χ1v) is 7.31. The van der Waals surface area contributed by atoms with Crippen LogP contribution in [0.5, 0.6) is 0 Å². The molecule has 4 heteroatoms. The summed E-state index contributed by atoms with van der Waals surface area (Å²) in [5.74, 6) is 0.0121. The summed E-state index contributed by atoms with van der Waals surface area (Å²) in [6.07, 6.45) is 3.63. The number of carbonyl (C=O) groups excluding carboxylic acids is 1. The van der Waals surface area contributed by atoms with Crippen LogP contribution in [0.4, 0.5) is 0 Å². The maximum absolute atomic E-state index is 12.2. The highest BCUT2D eigenvalue weighted by atomic mass is 79.9. The minimum Gasteiger partial charge on any atom is -0.264 e. The number of halogens is 1. The minimum absolute atomic E-state index is 0.0121. The van der Waals surface area contributed by atoms with Crippen molar-refractivity contribution in [3.8, 4) is 0 Å². The molecule has 3 nitrogen and oxygen atoms in total. The molecule has 2 N–H and O–H groups in total. The molecular formula is C14H20BrN2O+. The molecule has 0 saturated carbocycles. The zero-order valence-corrected chi connectivity index (χ0v) is 12.5. The topological polar surface area (TPSA) is 33.5 Å².